The lowest BCUT2D eigenvalue weighted by molar-refractivity contribution is -0.140. The zero-order chi connectivity index (χ0) is 22.7. The summed E-state index contributed by atoms with van der Waals surface area (Å²) in [6, 6.07) is 20.2. The number of halogens is 1. The van der Waals surface area contributed by atoms with Crippen LogP contribution < -0.4 is 5.32 Å². The van der Waals surface area contributed by atoms with Crippen molar-refractivity contribution in [2.45, 2.75) is 11.8 Å². The van der Waals surface area contributed by atoms with Crippen LogP contribution >= 0.6 is 0 Å². The summed E-state index contributed by atoms with van der Waals surface area (Å²) in [5.41, 5.74) is 3.80. The number of fused-ring (bicyclic) bond motifs is 2. The number of carboxylic acid groups (broad SMARTS) is 1. The number of nitrogens with one attached hydrogen (secondary N) is 1. The Morgan fingerprint density at radius 1 is 1.06 bits per heavy atom. The van der Waals surface area contributed by atoms with Gasteiger partial charge in [0.2, 0.25) is 5.91 Å². The van der Waals surface area contributed by atoms with Gasteiger partial charge in [0.05, 0.1) is 17.0 Å². The zero-order valence-corrected chi connectivity index (χ0v) is 17.3. The Morgan fingerprint density at radius 2 is 1.73 bits per heavy atom. The molecule has 1 amide bonds. The van der Waals surface area contributed by atoms with Crippen LogP contribution in [-0.4, -0.2) is 26.8 Å². The number of aromatic nitrogens is 2. The summed E-state index contributed by atoms with van der Waals surface area (Å²) in [5, 5.41) is 16.3. The molecule has 0 radical (unpaired) electrons. The van der Waals surface area contributed by atoms with Crippen molar-refractivity contribution in [1.29, 1.82) is 0 Å². The normalized spacial score (nSPS) is 20.5. The second-order valence-electron chi connectivity index (χ2n) is 8.47. The molecule has 3 aromatic carbocycles. The summed E-state index contributed by atoms with van der Waals surface area (Å²) < 4.78 is 16.7. The molecular weight excluding hydrogens is 421 g/mol. The van der Waals surface area contributed by atoms with Gasteiger partial charge in [-0.2, -0.15) is 5.10 Å². The van der Waals surface area contributed by atoms with Crippen LogP contribution in [-0.2, 0) is 15.0 Å². The average molecular weight is 439 g/mol. The predicted molar refractivity (Wildman–Crippen MR) is 120 cm³/mol. The van der Waals surface area contributed by atoms with Crippen LogP contribution in [0.3, 0.4) is 0 Å². The van der Waals surface area contributed by atoms with E-state index in [-0.39, 0.29) is 12.3 Å². The second-order valence-corrected chi connectivity index (χ2v) is 8.47. The first-order valence-electron chi connectivity index (χ1n) is 10.6. The molecule has 6 nitrogen and oxygen atoms in total. The van der Waals surface area contributed by atoms with Gasteiger partial charge in [0.15, 0.2) is 0 Å². The topological polar surface area (TPSA) is 84.2 Å². The minimum atomic E-state index is -1.08. The molecule has 2 heterocycles. The van der Waals surface area contributed by atoms with Gasteiger partial charge >= 0.3 is 5.97 Å². The minimum Gasteiger partial charge on any atom is -0.481 e. The van der Waals surface area contributed by atoms with Crippen LogP contribution in [0.4, 0.5) is 10.1 Å². The maximum absolute atomic E-state index is 14.9. The van der Waals surface area contributed by atoms with Gasteiger partial charge in [-0.1, -0.05) is 36.4 Å². The van der Waals surface area contributed by atoms with Crippen molar-refractivity contribution in [2.75, 3.05) is 5.32 Å². The van der Waals surface area contributed by atoms with Gasteiger partial charge < -0.3 is 10.4 Å². The number of nitrogens with zero attached hydrogens (tertiary/aromatic N) is 2. The van der Waals surface area contributed by atoms with E-state index in [0.717, 1.165) is 16.8 Å². The smallest absolute Gasteiger partial charge is 0.307 e. The summed E-state index contributed by atoms with van der Waals surface area (Å²) in [5.74, 6) is -2.61. The molecule has 0 saturated heterocycles. The molecule has 0 bridgehead atoms. The molecular formula is C26H18FN3O3. The van der Waals surface area contributed by atoms with Crippen molar-refractivity contribution in [3.63, 3.8) is 0 Å². The highest BCUT2D eigenvalue weighted by atomic mass is 19.1. The van der Waals surface area contributed by atoms with E-state index in [1.54, 1.807) is 16.9 Å². The van der Waals surface area contributed by atoms with E-state index in [4.69, 9.17) is 0 Å². The molecule has 1 aromatic heterocycles. The fourth-order valence-corrected chi connectivity index (χ4v) is 4.80. The van der Waals surface area contributed by atoms with Crippen molar-refractivity contribution < 1.29 is 19.1 Å². The number of benzene rings is 3. The average Bonchev–Trinajstić information content (AvgIpc) is 3.23. The van der Waals surface area contributed by atoms with Gasteiger partial charge in [-0.15, -0.1) is 0 Å². The summed E-state index contributed by atoms with van der Waals surface area (Å²) in [6.45, 7) is 0. The standard InChI is InChI=1S/C26H18FN3O3/c27-22-13-23-20(26(25(33)29-23)14-21(26)24(31)32)12-19(22)17-4-2-15(3-5-17)16-6-8-18(9-7-16)30-11-1-10-28-30/h1-13,21H,14H2,(H,29,33)(H,31,32). The van der Waals surface area contributed by atoms with Crippen LogP contribution in [0.15, 0.2) is 79.1 Å². The fraction of sp³-hybridized carbons (Fsp3) is 0.115. The van der Waals surface area contributed by atoms with Gasteiger partial charge in [-0.3, -0.25) is 9.59 Å². The third-order valence-corrected chi connectivity index (χ3v) is 6.67. The number of carbonyl (C=O) groups is 2. The Bertz CT molecular complexity index is 1410. The lowest BCUT2D eigenvalue weighted by Crippen LogP contribution is -2.24. The summed E-state index contributed by atoms with van der Waals surface area (Å²) >= 11 is 0. The van der Waals surface area contributed by atoms with E-state index >= 15 is 0 Å². The maximum atomic E-state index is 14.9. The van der Waals surface area contributed by atoms with E-state index in [2.05, 4.69) is 10.4 Å². The molecule has 7 heteroatoms. The monoisotopic (exact) mass is 439 g/mol. The zero-order valence-electron chi connectivity index (χ0n) is 17.3. The Labute approximate surface area is 188 Å². The molecule has 2 unspecified atom stereocenters. The van der Waals surface area contributed by atoms with Gasteiger partial charge in [-0.05, 0) is 59.0 Å². The number of carbonyl (C=O) groups excluding carboxylic acids is 1. The molecule has 1 fully saturated rings. The first-order valence-corrected chi connectivity index (χ1v) is 10.6. The molecule has 33 heavy (non-hydrogen) atoms. The molecule has 4 aromatic rings. The molecule has 2 atom stereocenters. The number of aliphatic carboxylic acids is 1. The van der Waals surface area contributed by atoms with E-state index in [1.165, 1.54) is 6.07 Å². The summed E-state index contributed by atoms with van der Waals surface area (Å²) in [7, 11) is 0. The van der Waals surface area contributed by atoms with E-state index in [9.17, 15) is 19.1 Å². The molecule has 162 valence electrons. The number of anilines is 1. The van der Waals surface area contributed by atoms with Crippen molar-refractivity contribution in [3.05, 3.63) is 90.5 Å². The molecule has 6 rings (SSSR count). The van der Waals surface area contributed by atoms with Crippen LogP contribution in [0.1, 0.15) is 12.0 Å². The summed E-state index contributed by atoms with van der Waals surface area (Å²) in [4.78, 5) is 24.0. The highest BCUT2D eigenvalue weighted by Crippen LogP contribution is 2.60. The fourth-order valence-electron chi connectivity index (χ4n) is 4.80. The maximum Gasteiger partial charge on any atom is 0.307 e. The largest absolute Gasteiger partial charge is 0.481 e. The highest BCUT2D eigenvalue weighted by Gasteiger charge is 2.68. The first kappa shape index (κ1) is 19.4. The number of rotatable bonds is 4. The Hall–Kier alpha value is -4.26. The van der Waals surface area contributed by atoms with E-state index in [1.807, 2.05) is 60.8 Å². The van der Waals surface area contributed by atoms with Gasteiger partial charge in [0.1, 0.15) is 5.82 Å². The van der Waals surface area contributed by atoms with Crippen LogP contribution in [0.25, 0.3) is 27.9 Å². The minimum absolute atomic E-state index is 0.236. The Kier molecular flexibility index (Phi) is 4.04. The third-order valence-electron chi connectivity index (χ3n) is 6.67. The van der Waals surface area contributed by atoms with E-state index in [0.29, 0.717) is 22.4 Å². The van der Waals surface area contributed by atoms with Gasteiger partial charge in [-0.25, -0.2) is 9.07 Å². The SMILES string of the molecule is O=C(O)C1CC12C(=O)Nc1cc(F)c(-c3ccc(-c4ccc(-n5cccn5)cc4)cc3)cc12. The van der Waals surface area contributed by atoms with E-state index < -0.39 is 23.1 Å². The molecule has 2 aliphatic rings. The Morgan fingerprint density at radius 3 is 2.33 bits per heavy atom. The molecule has 2 N–H and O–H groups in total. The van der Waals surface area contributed by atoms with Gasteiger partial charge in [0, 0.05) is 23.6 Å². The second kappa shape index (κ2) is 6.87. The van der Waals surface area contributed by atoms with Gasteiger partial charge in [0.25, 0.3) is 0 Å². The quantitative estimate of drug-likeness (QED) is 0.485. The van der Waals surface area contributed by atoms with Crippen molar-refractivity contribution in [1.82, 2.24) is 9.78 Å². The number of amides is 1. The number of carboxylic acids is 1. The highest BCUT2D eigenvalue weighted by molar-refractivity contribution is 6.12. The van der Waals surface area contributed by atoms with Crippen molar-refractivity contribution >= 4 is 17.6 Å². The lowest BCUT2D eigenvalue weighted by Gasteiger charge is -2.11. The van der Waals surface area contributed by atoms with Crippen molar-refractivity contribution in [3.8, 4) is 27.9 Å². The first-order chi connectivity index (χ1) is 16.0. The predicted octanol–water partition coefficient (Wildman–Crippen LogP) is 4.64. The number of hydrogen-bond acceptors (Lipinski definition) is 3. The van der Waals surface area contributed by atoms with Crippen LogP contribution in [0.2, 0.25) is 0 Å². The number of hydrogen-bond donors (Lipinski definition) is 2. The third kappa shape index (κ3) is 2.89. The summed E-state index contributed by atoms with van der Waals surface area (Å²) in [6.07, 6.45) is 3.84. The lowest BCUT2D eigenvalue weighted by atomic mass is 9.91. The van der Waals surface area contributed by atoms with Crippen molar-refractivity contribution in [2.24, 2.45) is 5.92 Å². The molecule has 1 aliphatic heterocycles. The molecule has 1 saturated carbocycles. The van der Waals surface area contributed by atoms with Crippen LogP contribution in [0, 0.1) is 11.7 Å². The molecule has 1 aliphatic carbocycles. The molecule has 1 spiro atoms. The Balaban J connectivity index is 1.32. The van der Waals surface area contributed by atoms with Crippen LogP contribution in [0.5, 0.6) is 0 Å².